The maximum atomic E-state index is 12.1. The second-order valence-electron chi connectivity index (χ2n) is 5.78. The highest BCUT2D eigenvalue weighted by Gasteiger charge is 2.15. The third kappa shape index (κ3) is 7.11. The van der Waals surface area contributed by atoms with Crippen molar-refractivity contribution >= 4 is 15.9 Å². The van der Waals surface area contributed by atoms with Gasteiger partial charge in [-0.1, -0.05) is 20.8 Å². The molecule has 0 heterocycles. The first-order valence-corrected chi connectivity index (χ1v) is 9.43. The van der Waals surface area contributed by atoms with Crippen LogP contribution in [0, 0.1) is 5.92 Å². The lowest BCUT2D eigenvalue weighted by molar-refractivity contribution is 0.0954. The van der Waals surface area contributed by atoms with Crippen LogP contribution in [-0.4, -0.2) is 40.5 Å². The van der Waals surface area contributed by atoms with Crippen molar-refractivity contribution in [2.75, 3.05) is 26.2 Å². The minimum atomic E-state index is -3.52. The molecule has 0 atom stereocenters. The van der Waals surface area contributed by atoms with Crippen molar-refractivity contribution in [3.05, 3.63) is 29.8 Å². The molecule has 1 amide bonds. The number of carbonyl (C=O) groups excluding carboxylic acids is 1. The Balaban J connectivity index is 2.57. The lowest BCUT2D eigenvalue weighted by Gasteiger charge is -2.10. The van der Waals surface area contributed by atoms with Crippen molar-refractivity contribution in [2.24, 2.45) is 5.92 Å². The Bertz CT molecular complexity index is 583. The SMILES string of the molecule is CCCNCCNC(=O)c1ccc(S(=O)(=O)NCC(C)C)cc1. The first-order chi connectivity index (χ1) is 10.9. The van der Waals surface area contributed by atoms with E-state index in [0.29, 0.717) is 25.2 Å². The Kier molecular flexibility index (Phi) is 8.22. The van der Waals surface area contributed by atoms with Gasteiger partial charge in [0.05, 0.1) is 4.90 Å². The molecule has 0 aliphatic carbocycles. The lowest BCUT2D eigenvalue weighted by Crippen LogP contribution is -2.32. The van der Waals surface area contributed by atoms with E-state index in [9.17, 15) is 13.2 Å². The van der Waals surface area contributed by atoms with Gasteiger partial charge in [0.25, 0.3) is 5.91 Å². The van der Waals surface area contributed by atoms with Crippen molar-refractivity contribution in [1.82, 2.24) is 15.4 Å². The van der Waals surface area contributed by atoms with Gasteiger partial charge in [0.2, 0.25) is 10.0 Å². The van der Waals surface area contributed by atoms with E-state index < -0.39 is 10.0 Å². The molecule has 0 unspecified atom stereocenters. The second-order valence-corrected chi connectivity index (χ2v) is 7.54. The second kappa shape index (κ2) is 9.64. The molecule has 0 spiro atoms. The fourth-order valence-electron chi connectivity index (χ4n) is 1.81. The Labute approximate surface area is 139 Å². The van der Waals surface area contributed by atoms with Gasteiger partial charge in [-0.15, -0.1) is 0 Å². The number of hydrogen-bond donors (Lipinski definition) is 3. The van der Waals surface area contributed by atoms with Gasteiger partial charge in [-0.25, -0.2) is 13.1 Å². The molecule has 1 aromatic carbocycles. The van der Waals surface area contributed by atoms with Crippen LogP contribution in [0.2, 0.25) is 0 Å². The monoisotopic (exact) mass is 341 g/mol. The van der Waals surface area contributed by atoms with E-state index in [-0.39, 0.29) is 16.7 Å². The zero-order valence-electron chi connectivity index (χ0n) is 14.1. The quantitative estimate of drug-likeness (QED) is 0.561. The first-order valence-electron chi connectivity index (χ1n) is 7.95. The largest absolute Gasteiger partial charge is 0.351 e. The highest BCUT2D eigenvalue weighted by atomic mass is 32.2. The molecule has 0 saturated carbocycles. The Morgan fingerprint density at radius 1 is 1.09 bits per heavy atom. The highest BCUT2D eigenvalue weighted by Crippen LogP contribution is 2.11. The number of hydrogen-bond acceptors (Lipinski definition) is 4. The van der Waals surface area contributed by atoms with Crippen LogP contribution in [0.3, 0.4) is 0 Å². The van der Waals surface area contributed by atoms with E-state index in [1.807, 2.05) is 13.8 Å². The maximum absolute atomic E-state index is 12.1. The van der Waals surface area contributed by atoms with Crippen LogP contribution in [0.1, 0.15) is 37.6 Å². The molecule has 0 bridgehead atoms. The smallest absolute Gasteiger partial charge is 0.251 e. The molecule has 7 heteroatoms. The topological polar surface area (TPSA) is 87.3 Å². The van der Waals surface area contributed by atoms with Gasteiger partial charge in [0.15, 0.2) is 0 Å². The van der Waals surface area contributed by atoms with E-state index in [1.165, 1.54) is 24.3 Å². The van der Waals surface area contributed by atoms with Gasteiger partial charge < -0.3 is 10.6 Å². The van der Waals surface area contributed by atoms with Gasteiger partial charge in [-0.3, -0.25) is 4.79 Å². The molecule has 0 aliphatic heterocycles. The fourth-order valence-corrected chi connectivity index (χ4v) is 3.03. The summed E-state index contributed by atoms with van der Waals surface area (Å²) in [6, 6.07) is 5.96. The lowest BCUT2D eigenvalue weighted by atomic mass is 10.2. The molecular formula is C16H27N3O3S. The molecule has 0 fully saturated rings. The maximum Gasteiger partial charge on any atom is 0.251 e. The summed E-state index contributed by atoms with van der Waals surface area (Å²) < 4.78 is 26.7. The molecule has 0 radical (unpaired) electrons. The van der Waals surface area contributed by atoms with Crippen LogP contribution < -0.4 is 15.4 Å². The molecule has 130 valence electrons. The van der Waals surface area contributed by atoms with Crippen molar-refractivity contribution in [2.45, 2.75) is 32.1 Å². The summed E-state index contributed by atoms with van der Waals surface area (Å²) in [5, 5.41) is 5.98. The fraction of sp³-hybridized carbons (Fsp3) is 0.562. The van der Waals surface area contributed by atoms with Crippen molar-refractivity contribution in [1.29, 1.82) is 0 Å². The summed E-state index contributed by atoms with van der Waals surface area (Å²) in [7, 11) is -3.52. The third-order valence-electron chi connectivity index (χ3n) is 3.12. The van der Waals surface area contributed by atoms with E-state index >= 15 is 0 Å². The van der Waals surface area contributed by atoms with Crippen LogP contribution >= 0.6 is 0 Å². The molecular weight excluding hydrogens is 314 g/mol. The number of amides is 1. The number of rotatable bonds is 10. The van der Waals surface area contributed by atoms with Gasteiger partial charge >= 0.3 is 0 Å². The van der Waals surface area contributed by atoms with Crippen molar-refractivity contribution in [3.63, 3.8) is 0 Å². The zero-order valence-corrected chi connectivity index (χ0v) is 14.9. The molecule has 0 aliphatic rings. The van der Waals surface area contributed by atoms with Gasteiger partial charge in [0, 0.05) is 25.2 Å². The molecule has 1 rings (SSSR count). The van der Waals surface area contributed by atoms with Gasteiger partial charge in [0.1, 0.15) is 0 Å². The Morgan fingerprint density at radius 2 is 1.74 bits per heavy atom. The average Bonchev–Trinajstić information content (AvgIpc) is 2.53. The van der Waals surface area contributed by atoms with Crippen LogP contribution in [-0.2, 0) is 10.0 Å². The predicted molar refractivity (Wildman–Crippen MR) is 92.0 cm³/mol. The standard InChI is InChI=1S/C16H27N3O3S/c1-4-9-17-10-11-18-16(20)14-5-7-15(8-6-14)23(21,22)19-12-13(2)3/h5-8,13,17,19H,4,9-12H2,1-3H3,(H,18,20). The summed E-state index contributed by atoms with van der Waals surface area (Å²) in [4.78, 5) is 12.1. The average molecular weight is 341 g/mol. The van der Waals surface area contributed by atoms with Crippen LogP contribution in [0.25, 0.3) is 0 Å². The van der Waals surface area contributed by atoms with Crippen molar-refractivity contribution < 1.29 is 13.2 Å². The van der Waals surface area contributed by atoms with Crippen LogP contribution in [0.15, 0.2) is 29.2 Å². The summed E-state index contributed by atoms with van der Waals surface area (Å²) in [6.45, 7) is 8.51. The van der Waals surface area contributed by atoms with Crippen LogP contribution in [0.5, 0.6) is 0 Å². The van der Waals surface area contributed by atoms with Gasteiger partial charge in [-0.05, 0) is 43.1 Å². The van der Waals surface area contributed by atoms with E-state index in [4.69, 9.17) is 0 Å². The van der Waals surface area contributed by atoms with Crippen molar-refractivity contribution in [3.8, 4) is 0 Å². The van der Waals surface area contributed by atoms with Crippen LogP contribution in [0.4, 0.5) is 0 Å². The van der Waals surface area contributed by atoms with E-state index in [0.717, 1.165) is 13.0 Å². The Morgan fingerprint density at radius 3 is 2.30 bits per heavy atom. The van der Waals surface area contributed by atoms with E-state index in [1.54, 1.807) is 0 Å². The van der Waals surface area contributed by atoms with Gasteiger partial charge in [-0.2, -0.15) is 0 Å². The predicted octanol–water partition coefficient (Wildman–Crippen LogP) is 1.35. The molecule has 3 N–H and O–H groups in total. The zero-order chi connectivity index (χ0) is 17.3. The number of nitrogens with one attached hydrogen (secondary N) is 3. The summed E-state index contributed by atoms with van der Waals surface area (Å²) in [5.41, 5.74) is 0.448. The molecule has 0 aromatic heterocycles. The first kappa shape index (κ1) is 19.6. The molecule has 0 saturated heterocycles. The highest BCUT2D eigenvalue weighted by molar-refractivity contribution is 7.89. The minimum absolute atomic E-state index is 0.166. The Hall–Kier alpha value is -1.44. The normalized spacial score (nSPS) is 11.7. The number of carbonyl (C=O) groups is 1. The summed E-state index contributed by atoms with van der Waals surface area (Å²) in [6.07, 6.45) is 1.05. The number of benzene rings is 1. The van der Waals surface area contributed by atoms with E-state index in [2.05, 4.69) is 22.3 Å². The minimum Gasteiger partial charge on any atom is -0.351 e. The molecule has 23 heavy (non-hydrogen) atoms. The summed E-state index contributed by atoms with van der Waals surface area (Å²) >= 11 is 0. The number of sulfonamides is 1. The molecule has 1 aromatic rings. The third-order valence-corrected chi connectivity index (χ3v) is 4.56. The summed E-state index contributed by atoms with van der Waals surface area (Å²) in [5.74, 6) is 0.0264. The molecule has 6 nitrogen and oxygen atoms in total.